The molecule has 1 aliphatic carbocycles. The van der Waals surface area contributed by atoms with Gasteiger partial charge in [-0.1, -0.05) is 18.2 Å². The maximum absolute atomic E-state index is 4.39. The summed E-state index contributed by atoms with van der Waals surface area (Å²) in [5, 5.41) is 0. The Morgan fingerprint density at radius 1 is 1.11 bits per heavy atom. The van der Waals surface area contributed by atoms with Gasteiger partial charge in [0.25, 0.3) is 0 Å². The molecule has 0 saturated heterocycles. The molecular formula is C16H19N3. The van der Waals surface area contributed by atoms with Crippen LogP contribution in [0.5, 0.6) is 0 Å². The van der Waals surface area contributed by atoms with Gasteiger partial charge in [-0.05, 0) is 49.4 Å². The predicted octanol–water partition coefficient (Wildman–Crippen LogP) is 3.26. The Bertz CT molecular complexity index is 561. The molecule has 0 aliphatic heterocycles. The molecule has 19 heavy (non-hydrogen) atoms. The van der Waals surface area contributed by atoms with Gasteiger partial charge in [0.05, 0.1) is 0 Å². The monoisotopic (exact) mass is 253 g/mol. The summed E-state index contributed by atoms with van der Waals surface area (Å²) < 4.78 is 0. The largest absolute Gasteiger partial charge is 0.334 e. The van der Waals surface area contributed by atoms with Crippen molar-refractivity contribution in [1.82, 2.24) is 9.97 Å². The SMILES string of the molecule is Cc1ccc(CN(c2ncccn2)C2CC2)cc1C. The van der Waals surface area contributed by atoms with Crippen LogP contribution in [0.4, 0.5) is 5.95 Å². The molecule has 0 radical (unpaired) electrons. The Hall–Kier alpha value is -1.90. The van der Waals surface area contributed by atoms with Gasteiger partial charge in [-0.15, -0.1) is 0 Å². The van der Waals surface area contributed by atoms with Crippen molar-refractivity contribution in [3.05, 3.63) is 53.3 Å². The number of hydrogen-bond acceptors (Lipinski definition) is 3. The molecule has 0 bridgehead atoms. The number of aromatic nitrogens is 2. The molecule has 3 heteroatoms. The van der Waals surface area contributed by atoms with Crippen LogP contribution in [0.1, 0.15) is 29.5 Å². The topological polar surface area (TPSA) is 29.0 Å². The van der Waals surface area contributed by atoms with Crippen LogP contribution in [0.3, 0.4) is 0 Å². The summed E-state index contributed by atoms with van der Waals surface area (Å²) >= 11 is 0. The highest BCUT2D eigenvalue weighted by Crippen LogP contribution is 2.31. The van der Waals surface area contributed by atoms with Crippen LogP contribution in [-0.4, -0.2) is 16.0 Å². The Morgan fingerprint density at radius 2 is 1.84 bits per heavy atom. The number of anilines is 1. The van der Waals surface area contributed by atoms with Crippen molar-refractivity contribution in [3.8, 4) is 0 Å². The molecular weight excluding hydrogens is 234 g/mol. The van der Waals surface area contributed by atoms with E-state index in [1.54, 1.807) is 0 Å². The molecule has 0 spiro atoms. The summed E-state index contributed by atoms with van der Waals surface area (Å²) in [6.07, 6.45) is 6.14. The minimum absolute atomic E-state index is 0.615. The van der Waals surface area contributed by atoms with Crippen LogP contribution in [-0.2, 0) is 6.54 Å². The van der Waals surface area contributed by atoms with Crippen molar-refractivity contribution in [1.29, 1.82) is 0 Å². The van der Waals surface area contributed by atoms with E-state index < -0.39 is 0 Å². The average Bonchev–Trinajstić information content (AvgIpc) is 3.25. The number of hydrogen-bond donors (Lipinski definition) is 0. The molecule has 1 heterocycles. The third-order valence-corrected chi connectivity index (χ3v) is 3.72. The first kappa shape index (κ1) is 12.2. The maximum Gasteiger partial charge on any atom is 0.225 e. The molecule has 98 valence electrons. The van der Waals surface area contributed by atoms with Gasteiger partial charge in [-0.25, -0.2) is 9.97 Å². The average molecular weight is 253 g/mol. The summed E-state index contributed by atoms with van der Waals surface area (Å²) in [6.45, 7) is 5.22. The van der Waals surface area contributed by atoms with Gasteiger partial charge in [0.15, 0.2) is 0 Å². The first-order valence-electron chi connectivity index (χ1n) is 6.84. The highest BCUT2D eigenvalue weighted by Gasteiger charge is 2.30. The van der Waals surface area contributed by atoms with Crippen molar-refractivity contribution in [2.24, 2.45) is 0 Å². The van der Waals surface area contributed by atoms with E-state index in [1.807, 2.05) is 18.5 Å². The molecule has 0 unspecified atom stereocenters. The molecule has 2 aromatic rings. The molecule has 1 fully saturated rings. The number of nitrogens with zero attached hydrogens (tertiary/aromatic N) is 3. The van der Waals surface area contributed by atoms with E-state index in [9.17, 15) is 0 Å². The first-order chi connectivity index (χ1) is 9.24. The lowest BCUT2D eigenvalue weighted by atomic mass is 10.1. The van der Waals surface area contributed by atoms with Crippen LogP contribution < -0.4 is 4.90 Å². The Balaban J connectivity index is 1.84. The molecule has 1 aliphatic rings. The zero-order valence-electron chi connectivity index (χ0n) is 11.5. The smallest absolute Gasteiger partial charge is 0.225 e. The Labute approximate surface area is 114 Å². The van der Waals surface area contributed by atoms with Crippen molar-refractivity contribution < 1.29 is 0 Å². The van der Waals surface area contributed by atoms with Gasteiger partial charge in [-0.3, -0.25) is 0 Å². The third-order valence-electron chi connectivity index (χ3n) is 3.72. The summed E-state index contributed by atoms with van der Waals surface area (Å²) in [7, 11) is 0. The van der Waals surface area contributed by atoms with E-state index in [0.717, 1.165) is 12.5 Å². The van der Waals surface area contributed by atoms with Gasteiger partial charge >= 0.3 is 0 Å². The minimum Gasteiger partial charge on any atom is -0.334 e. The second-order valence-electron chi connectivity index (χ2n) is 5.33. The second-order valence-corrected chi connectivity index (χ2v) is 5.33. The van der Waals surface area contributed by atoms with Gasteiger partial charge in [0.2, 0.25) is 5.95 Å². The molecule has 3 rings (SSSR count). The van der Waals surface area contributed by atoms with Gasteiger partial charge in [0.1, 0.15) is 0 Å². The summed E-state index contributed by atoms with van der Waals surface area (Å²) in [5.74, 6) is 0.850. The fourth-order valence-corrected chi connectivity index (χ4v) is 2.29. The molecule has 0 atom stereocenters. The van der Waals surface area contributed by atoms with E-state index in [-0.39, 0.29) is 0 Å². The van der Waals surface area contributed by atoms with Crippen molar-refractivity contribution in [2.75, 3.05) is 4.90 Å². The van der Waals surface area contributed by atoms with Crippen molar-refractivity contribution in [2.45, 2.75) is 39.3 Å². The van der Waals surface area contributed by atoms with E-state index >= 15 is 0 Å². The van der Waals surface area contributed by atoms with Crippen LogP contribution in [0.25, 0.3) is 0 Å². The highest BCUT2D eigenvalue weighted by molar-refractivity contribution is 5.37. The van der Waals surface area contributed by atoms with Crippen molar-refractivity contribution in [3.63, 3.8) is 0 Å². The lowest BCUT2D eigenvalue weighted by Gasteiger charge is -2.22. The van der Waals surface area contributed by atoms with Gasteiger partial charge in [-0.2, -0.15) is 0 Å². The maximum atomic E-state index is 4.39. The first-order valence-corrected chi connectivity index (χ1v) is 6.84. The van der Waals surface area contributed by atoms with E-state index in [2.05, 4.69) is 46.9 Å². The standard InChI is InChI=1S/C16H19N3/c1-12-4-5-14(10-13(12)2)11-19(15-6-7-15)16-17-8-3-9-18-16/h3-5,8-10,15H,6-7,11H2,1-2H3. The summed E-state index contributed by atoms with van der Waals surface area (Å²) in [4.78, 5) is 11.1. The fourth-order valence-electron chi connectivity index (χ4n) is 2.29. The Morgan fingerprint density at radius 3 is 2.47 bits per heavy atom. The molecule has 0 amide bonds. The van der Waals surface area contributed by atoms with Crippen molar-refractivity contribution >= 4 is 5.95 Å². The van der Waals surface area contributed by atoms with E-state index in [1.165, 1.54) is 29.5 Å². The lowest BCUT2D eigenvalue weighted by Crippen LogP contribution is -2.26. The molecule has 1 aromatic heterocycles. The second kappa shape index (κ2) is 5.00. The van der Waals surface area contributed by atoms with Gasteiger partial charge < -0.3 is 4.90 Å². The predicted molar refractivity (Wildman–Crippen MR) is 77.2 cm³/mol. The zero-order valence-corrected chi connectivity index (χ0v) is 11.5. The van der Waals surface area contributed by atoms with Crippen LogP contribution >= 0.6 is 0 Å². The number of rotatable bonds is 4. The van der Waals surface area contributed by atoms with Crippen LogP contribution in [0, 0.1) is 13.8 Å². The van der Waals surface area contributed by atoms with Crippen LogP contribution in [0.15, 0.2) is 36.7 Å². The van der Waals surface area contributed by atoms with E-state index in [0.29, 0.717) is 6.04 Å². The highest BCUT2D eigenvalue weighted by atomic mass is 15.3. The minimum atomic E-state index is 0.615. The third kappa shape index (κ3) is 2.75. The Kier molecular flexibility index (Phi) is 3.20. The number of aryl methyl sites for hydroxylation is 2. The summed E-state index contributed by atoms with van der Waals surface area (Å²) in [6, 6.07) is 9.16. The van der Waals surface area contributed by atoms with E-state index in [4.69, 9.17) is 0 Å². The molecule has 0 N–H and O–H groups in total. The quantitative estimate of drug-likeness (QED) is 0.837. The lowest BCUT2D eigenvalue weighted by molar-refractivity contribution is 0.758. The molecule has 1 saturated carbocycles. The number of benzene rings is 1. The molecule has 1 aromatic carbocycles. The van der Waals surface area contributed by atoms with Crippen LogP contribution in [0.2, 0.25) is 0 Å². The fraction of sp³-hybridized carbons (Fsp3) is 0.375. The normalized spacial score (nSPS) is 14.4. The molecule has 3 nitrogen and oxygen atoms in total. The summed E-state index contributed by atoms with van der Waals surface area (Å²) in [5.41, 5.74) is 4.03. The van der Waals surface area contributed by atoms with Gasteiger partial charge in [0, 0.05) is 25.0 Å². The zero-order chi connectivity index (χ0) is 13.2.